The van der Waals surface area contributed by atoms with Gasteiger partial charge in [-0.3, -0.25) is 0 Å². The molecule has 0 saturated heterocycles. The van der Waals surface area contributed by atoms with Crippen molar-refractivity contribution in [2.45, 2.75) is 155 Å². The highest BCUT2D eigenvalue weighted by atomic mass is 15.2. The van der Waals surface area contributed by atoms with Gasteiger partial charge in [-0.25, -0.2) is 0 Å². The topological polar surface area (TPSA) is 16.3 Å². The molecule has 0 unspecified atom stereocenters. The van der Waals surface area contributed by atoms with Gasteiger partial charge < -0.3 is 18.9 Å². The predicted molar refractivity (Wildman–Crippen MR) is 433 cm³/mol. The van der Waals surface area contributed by atoms with E-state index in [2.05, 4.69) is 365 Å². The lowest BCUT2D eigenvalue weighted by Crippen LogP contribution is -2.61. The molecule has 0 bridgehead atoms. The van der Waals surface area contributed by atoms with E-state index in [0.717, 1.165) is 39.8 Å². The van der Waals surface area contributed by atoms with E-state index in [1.165, 1.54) is 158 Å². The second kappa shape index (κ2) is 22.2. The molecule has 18 rings (SSSR count). The minimum absolute atomic E-state index is 0.0131. The molecule has 101 heavy (non-hydrogen) atoms. The Morgan fingerprint density at radius 3 is 1.16 bits per heavy atom. The van der Waals surface area contributed by atoms with Gasteiger partial charge >= 0.3 is 0 Å². The molecule has 0 spiro atoms. The van der Waals surface area contributed by atoms with Crippen molar-refractivity contribution in [3.8, 4) is 44.8 Å². The lowest BCUT2D eigenvalue weighted by molar-refractivity contribution is 0.332. The van der Waals surface area contributed by atoms with Gasteiger partial charge in [-0.2, -0.15) is 0 Å². The van der Waals surface area contributed by atoms with Gasteiger partial charge in [-0.1, -0.05) is 261 Å². The standard InChI is InChI=1S/C96H91BN4/c1-91(2,3)66-23-21-22-62(52-66)65-36-45-80-86(55-65)98(68-38-30-60(31-39-68)63-34-43-76-78(53-63)95(11,12)50-48-93(76,7)8)88-58-71(101-82-27-18-15-24-72(82)73-25-16-19-28-83(73)101)59-89-90(88)97(80)81-46-42-70(100-84-29-20-17-26-74(84)75-56-67(92(4,5)6)37-47-85(75)100)57-87(81)99(89)69-40-32-61(33-41-69)64-35-44-77-79(54-64)96(13,14)51-49-94(77,9)10/h15-47,52-59H,48-51H2,1-14H3. The molecular formula is C96H91BN4. The largest absolute Gasteiger partial charge is 0.311 e. The molecule has 0 fully saturated rings. The van der Waals surface area contributed by atoms with Gasteiger partial charge in [0, 0.05) is 61.4 Å². The van der Waals surface area contributed by atoms with Crippen LogP contribution < -0.4 is 26.2 Å². The van der Waals surface area contributed by atoms with Crippen LogP contribution >= 0.6 is 0 Å². The van der Waals surface area contributed by atoms with Crippen molar-refractivity contribution in [2.24, 2.45) is 0 Å². The Balaban J connectivity index is 0.916. The van der Waals surface area contributed by atoms with Crippen LogP contribution in [0.3, 0.4) is 0 Å². The van der Waals surface area contributed by atoms with Crippen LogP contribution in [-0.2, 0) is 32.5 Å². The summed E-state index contributed by atoms with van der Waals surface area (Å²) in [4.78, 5) is 5.27. The summed E-state index contributed by atoms with van der Waals surface area (Å²) < 4.78 is 5.06. The van der Waals surface area contributed by atoms with E-state index in [4.69, 9.17) is 0 Å². The molecule has 4 nitrogen and oxygen atoms in total. The summed E-state index contributed by atoms with van der Waals surface area (Å²) in [5.74, 6) is 0. The Morgan fingerprint density at radius 2 is 0.653 bits per heavy atom. The van der Waals surface area contributed by atoms with Crippen LogP contribution in [0.4, 0.5) is 34.1 Å². The van der Waals surface area contributed by atoms with E-state index in [1.807, 2.05) is 0 Å². The molecule has 498 valence electrons. The van der Waals surface area contributed by atoms with Crippen molar-refractivity contribution < 1.29 is 0 Å². The maximum absolute atomic E-state index is 2.64. The monoisotopic (exact) mass is 1310 g/mol. The van der Waals surface area contributed by atoms with Crippen LogP contribution in [0.5, 0.6) is 0 Å². The fraction of sp³-hybridized carbons (Fsp3) is 0.250. The third-order valence-electron chi connectivity index (χ3n) is 24.4. The van der Waals surface area contributed by atoms with Gasteiger partial charge in [-0.05, 0) is 226 Å². The van der Waals surface area contributed by atoms with Crippen LogP contribution in [0.25, 0.3) is 88.4 Å². The number of rotatable bonds is 7. The summed E-state index contributed by atoms with van der Waals surface area (Å²) in [5, 5.41) is 5.00. The molecule has 5 heteroatoms. The summed E-state index contributed by atoms with van der Waals surface area (Å²) in [6.45, 7) is 33.3. The van der Waals surface area contributed by atoms with Gasteiger partial charge in [0.1, 0.15) is 0 Å². The molecule has 0 amide bonds. The average molecular weight is 1310 g/mol. The van der Waals surface area contributed by atoms with Crippen molar-refractivity contribution in [2.75, 3.05) is 9.80 Å². The number of hydrogen-bond acceptors (Lipinski definition) is 2. The maximum atomic E-state index is 2.64. The van der Waals surface area contributed by atoms with E-state index in [1.54, 1.807) is 0 Å². The quantitative estimate of drug-likeness (QED) is 0.148. The number of fused-ring (bicyclic) bond motifs is 12. The normalized spacial score (nSPS) is 16.3. The van der Waals surface area contributed by atoms with Crippen molar-refractivity contribution >= 4 is 101 Å². The Kier molecular flexibility index (Phi) is 13.9. The van der Waals surface area contributed by atoms with Crippen LogP contribution in [0.15, 0.2) is 249 Å². The average Bonchev–Trinajstić information content (AvgIpc) is 1.22. The molecule has 0 atom stereocenters. The summed E-state index contributed by atoms with van der Waals surface area (Å²) in [6.07, 6.45) is 4.72. The van der Waals surface area contributed by atoms with Crippen molar-refractivity contribution in [3.05, 3.63) is 282 Å². The fourth-order valence-corrected chi connectivity index (χ4v) is 18.2. The third-order valence-corrected chi connectivity index (χ3v) is 24.4. The van der Waals surface area contributed by atoms with E-state index < -0.39 is 0 Å². The number of nitrogens with zero attached hydrogens (tertiary/aromatic N) is 4. The smallest absolute Gasteiger partial charge is 0.252 e. The second-order valence-corrected chi connectivity index (χ2v) is 34.7. The van der Waals surface area contributed by atoms with Crippen LogP contribution in [0, 0.1) is 0 Å². The van der Waals surface area contributed by atoms with Crippen molar-refractivity contribution in [3.63, 3.8) is 0 Å². The minimum atomic E-state index is -0.147. The fourth-order valence-electron chi connectivity index (χ4n) is 18.2. The third kappa shape index (κ3) is 9.98. The molecule has 0 radical (unpaired) electrons. The molecule has 4 aliphatic rings. The Morgan fingerprint density at radius 1 is 0.277 bits per heavy atom. The Labute approximate surface area is 598 Å². The SMILES string of the molecule is CC(C)(C)c1cccc(-c2ccc3c(c2)N(c2ccc(-c4ccc5c(c4)C(C)(C)CCC5(C)C)cc2)c2cc(-n4c5ccccc5c5ccccc54)cc4c2B3c2ccc(-n3c5ccccc5c5cc(C(C)(C)C)ccc53)cc2N4c2ccc(-c3ccc4c(c3)C(C)(C)CCC4(C)C)cc2)c1. The molecule has 2 aliphatic carbocycles. The van der Waals surface area contributed by atoms with Gasteiger partial charge in [0.15, 0.2) is 0 Å². The number of anilines is 6. The maximum Gasteiger partial charge on any atom is 0.252 e. The lowest BCUT2D eigenvalue weighted by Gasteiger charge is -2.44. The Bertz CT molecular complexity index is 5700. The summed E-state index contributed by atoms with van der Waals surface area (Å²) in [7, 11) is 0. The summed E-state index contributed by atoms with van der Waals surface area (Å²) in [5.41, 5.74) is 34.0. The summed E-state index contributed by atoms with van der Waals surface area (Å²) in [6, 6.07) is 97.2. The van der Waals surface area contributed by atoms with E-state index >= 15 is 0 Å². The molecule has 14 aromatic rings. The van der Waals surface area contributed by atoms with Crippen LogP contribution in [-0.4, -0.2) is 15.8 Å². The highest BCUT2D eigenvalue weighted by molar-refractivity contribution is 7.00. The van der Waals surface area contributed by atoms with Crippen LogP contribution in [0.2, 0.25) is 0 Å². The Hall–Kier alpha value is -10.1. The highest BCUT2D eigenvalue weighted by Gasteiger charge is 2.45. The predicted octanol–water partition coefficient (Wildman–Crippen LogP) is 24.3. The molecule has 2 aromatic heterocycles. The number of hydrogen-bond donors (Lipinski definition) is 0. The number of para-hydroxylation sites is 3. The summed E-state index contributed by atoms with van der Waals surface area (Å²) >= 11 is 0. The zero-order valence-electron chi connectivity index (χ0n) is 61.4. The van der Waals surface area contributed by atoms with Crippen molar-refractivity contribution in [1.29, 1.82) is 0 Å². The van der Waals surface area contributed by atoms with Crippen molar-refractivity contribution in [1.82, 2.24) is 9.13 Å². The minimum Gasteiger partial charge on any atom is -0.311 e. The van der Waals surface area contributed by atoms with E-state index in [-0.39, 0.29) is 39.2 Å². The molecule has 2 aliphatic heterocycles. The first kappa shape index (κ1) is 63.1. The lowest BCUT2D eigenvalue weighted by atomic mass is 9.33. The first-order valence-electron chi connectivity index (χ1n) is 37.0. The number of benzene rings is 12. The highest BCUT2D eigenvalue weighted by Crippen LogP contribution is 2.52. The first-order valence-corrected chi connectivity index (χ1v) is 37.0. The van der Waals surface area contributed by atoms with Gasteiger partial charge in [0.25, 0.3) is 6.71 Å². The molecule has 0 saturated carbocycles. The van der Waals surface area contributed by atoms with Gasteiger partial charge in [-0.15, -0.1) is 0 Å². The molecule has 4 heterocycles. The van der Waals surface area contributed by atoms with E-state index in [9.17, 15) is 0 Å². The number of aromatic nitrogens is 2. The molecule has 12 aromatic carbocycles. The zero-order chi connectivity index (χ0) is 69.6. The second-order valence-electron chi connectivity index (χ2n) is 34.7. The molecule has 0 N–H and O–H groups in total. The van der Waals surface area contributed by atoms with Gasteiger partial charge in [0.2, 0.25) is 0 Å². The van der Waals surface area contributed by atoms with E-state index in [0.29, 0.717) is 0 Å². The van der Waals surface area contributed by atoms with Gasteiger partial charge in [0.05, 0.1) is 27.8 Å². The first-order chi connectivity index (χ1) is 48.3. The van der Waals surface area contributed by atoms with Crippen LogP contribution in [0.1, 0.15) is 156 Å². The molecular weight excluding hydrogens is 1220 g/mol. The zero-order valence-corrected chi connectivity index (χ0v) is 61.4.